The monoisotopic (exact) mass is 676 g/mol. The Hall–Kier alpha value is -1.87. The summed E-state index contributed by atoms with van der Waals surface area (Å²) in [6.45, 7) is -1.05. The number of H-pyrrole nitrogens is 1. The van der Waals surface area contributed by atoms with Crippen molar-refractivity contribution in [2.75, 3.05) is 26.8 Å². The van der Waals surface area contributed by atoms with E-state index in [-0.39, 0.29) is 12.8 Å². The number of rotatable bonds is 15. The SMILES string of the molecule is CNCCCCC(=O)NC1C(OP(=O)(O)OP(=O)(O)OCC2OC(n3ccc(=O)[nH]c3=O)C(O)C2O)CC(CO)C(O)C1O. The molecule has 20 nitrogen and oxygen atoms in total. The first kappa shape index (κ1) is 36.6. The van der Waals surface area contributed by atoms with Gasteiger partial charge in [0.25, 0.3) is 5.56 Å². The molecule has 0 radical (unpaired) electrons. The van der Waals surface area contributed by atoms with Crippen LogP contribution in [0.5, 0.6) is 0 Å². The molecule has 0 aromatic carbocycles. The van der Waals surface area contributed by atoms with Crippen molar-refractivity contribution in [3.63, 3.8) is 0 Å². The molecule has 0 bridgehead atoms. The summed E-state index contributed by atoms with van der Waals surface area (Å²) in [5, 5.41) is 56.4. The number of ether oxygens (including phenoxy) is 1. The van der Waals surface area contributed by atoms with Crippen molar-refractivity contribution in [2.24, 2.45) is 5.92 Å². The number of phosphoric acid groups is 2. The topological polar surface area (TPSA) is 309 Å². The predicted octanol–water partition coefficient (Wildman–Crippen LogP) is -3.62. The van der Waals surface area contributed by atoms with E-state index in [1.807, 2.05) is 4.98 Å². The van der Waals surface area contributed by atoms with Gasteiger partial charge in [-0.05, 0) is 32.9 Å². The number of hydrogen-bond donors (Lipinski definition) is 10. The number of aliphatic hydroxyl groups excluding tert-OH is 5. The summed E-state index contributed by atoms with van der Waals surface area (Å²) in [4.78, 5) is 58.0. The number of carbonyl (C=O) groups excluding carboxylic acids is 1. The molecule has 1 aromatic rings. The molecule has 1 aliphatic carbocycles. The fraction of sp³-hybridized carbons (Fsp3) is 0.773. The maximum atomic E-state index is 12.8. The number of aromatic nitrogens is 2. The Morgan fingerprint density at radius 3 is 2.43 bits per heavy atom. The molecule has 10 N–H and O–H groups in total. The quantitative estimate of drug-likeness (QED) is 0.0633. The van der Waals surface area contributed by atoms with Crippen molar-refractivity contribution in [2.45, 2.75) is 74.6 Å². The van der Waals surface area contributed by atoms with Crippen LogP contribution in [0.15, 0.2) is 21.9 Å². The molecule has 252 valence electrons. The highest BCUT2D eigenvalue weighted by atomic mass is 31.3. The van der Waals surface area contributed by atoms with Gasteiger partial charge < -0.3 is 50.7 Å². The number of aromatic amines is 1. The standard InChI is InChI=1S/C22H38N4O16P2/c1-23-6-3-2-4-14(28)24-16-12(8-11(9-27)17(30)19(16)32)41-44(37,38)42-43(35,36)39-10-13-18(31)20(33)21(40-13)26-7-5-15(29)25-22(26)34/h5,7,11-13,16-21,23,27,30-33H,2-4,6,8-10H2,1H3,(H,24,28)(H,35,36)(H,37,38)(H,25,29,34). The largest absolute Gasteiger partial charge is 0.481 e. The highest BCUT2D eigenvalue weighted by Crippen LogP contribution is 2.61. The Labute approximate surface area is 249 Å². The number of hydrogen-bond acceptors (Lipinski definition) is 15. The van der Waals surface area contributed by atoms with Gasteiger partial charge in [0.05, 0.1) is 24.9 Å². The van der Waals surface area contributed by atoms with E-state index in [9.17, 15) is 58.8 Å². The van der Waals surface area contributed by atoms with E-state index in [1.54, 1.807) is 7.05 Å². The minimum Gasteiger partial charge on any atom is -0.396 e. The van der Waals surface area contributed by atoms with Crippen LogP contribution in [0.4, 0.5) is 0 Å². The molecule has 1 amide bonds. The van der Waals surface area contributed by atoms with Gasteiger partial charge in [0.2, 0.25) is 5.91 Å². The van der Waals surface area contributed by atoms with E-state index in [1.165, 1.54) is 0 Å². The van der Waals surface area contributed by atoms with Crippen LogP contribution >= 0.6 is 15.6 Å². The second-order valence-corrected chi connectivity index (χ2v) is 13.3. The van der Waals surface area contributed by atoms with E-state index in [2.05, 4.69) is 19.5 Å². The van der Waals surface area contributed by atoms with Gasteiger partial charge >= 0.3 is 21.3 Å². The van der Waals surface area contributed by atoms with Crippen LogP contribution in [0.25, 0.3) is 0 Å². The number of nitrogens with zero attached hydrogens (tertiary/aromatic N) is 1. The minimum absolute atomic E-state index is 0.00555. The summed E-state index contributed by atoms with van der Waals surface area (Å²) >= 11 is 0. The van der Waals surface area contributed by atoms with Crippen LogP contribution in [0.3, 0.4) is 0 Å². The van der Waals surface area contributed by atoms with Crippen LogP contribution < -0.4 is 21.9 Å². The van der Waals surface area contributed by atoms with E-state index < -0.39 is 101 Å². The molecular weight excluding hydrogens is 638 g/mol. The molecule has 11 atom stereocenters. The number of carbonyl (C=O) groups is 1. The third kappa shape index (κ3) is 9.57. The van der Waals surface area contributed by atoms with Gasteiger partial charge in [0, 0.05) is 31.2 Å². The lowest BCUT2D eigenvalue weighted by molar-refractivity contribution is -0.134. The Kier molecular flexibility index (Phi) is 13.0. The summed E-state index contributed by atoms with van der Waals surface area (Å²) < 4.78 is 45.3. The van der Waals surface area contributed by atoms with Crippen LogP contribution in [0.2, 0.25) is 0 Å². The minimum atomic E-state index is -5.54. The van der Waals surface area contributed by atoms with Gasteiger partial charge in [-0.3, -0.25) is 28.2 Å². The molecule has 22 heteroatoms. The number of amides is 1. The zero-order valence-electron chi connectivity index (χ0n) is 23.4. The van der Waals surface area contributed by atoms with Crippen LogP contribution in [-0.2, 0) is 32.0 Å². The number of unbranched alkanes of at least 4 members (excludes halogenated alkanes) is 1. The van der Waals surface area contributed by atoms with Crippen molar-refractivity contribution < 1.29 is 67.3 Å². The van der Waals surface area contributed by atoms with Crippen molar-refractivity contribution in [3.8, 4) is 0 Å². The molecule has 2 fully saturated rings. The fourth-order valence-corrected chi connectivity index (χ4v) is 7.13. The van der Waals surface area contributed by atoms with Crippen molar-refractivity contribution >= 4 is 21.6 Å². The second kappa shape index (κ2) is 15.6. The summed E-state index contributed by atoms with van der Waals surface area (Å²) in [6, 6.07) is -0.539. The van der Waals surface area contributed by atoms with Gasteiger partial charge in [0.15, 0.2) is 6.23 Å². The van der Waals surface area contributed by atoms with Crippen LogP contribution in [0, 0.1) is 5.92 Å². The number of nitrogens with one attached hydrogen (secondary N) is 3. The lowest BCUT2D eigenvalue weighted by atomic mass is 9.79. The van der Waals surface area contributed by atoms with E-state index in [0.29, 0.717) is 19.4 Å². The number of phosphoric ester groups is 2. The third-order valence-corrected chi connectivity index (χ3v) is 9.78. The van der Waals surface area contributed by atoms with Gasteiger partial charge in [-0.1, -0.05) is 0 Å². The molecule has 1 saturated carbocycles. The molecule has 1 aliphatic heterocycles. The average Bonchev–Trinajstić information content (AvgIpc) is 3.22. The lowest BCUT2D eigenvalue weighted by Gasteiger charge is -2.42. The molecule has 2 aliphatic rings. The fourth-order valence-electron chi connectivity index (χ4n) is 4.85. The predicted molar refractivity (Wildman–Crippen MR) is 146 cm³/mol. The van der Waals surface area contributed by atoms with Crippen molar-refractivity contribution in [1.82, 2.24) is 20.2 Å². The van der Waals surface area contributed by atoms with Gasteiger partial charge in [0.1, 0.15) is 24.4 Å². The molecule has 1 saturated heterocycles. The van der Waals surface area contributed by atoms with E-state index in [4.69, 9.17) is 9.26 Å². The Morgan fingerprint density at radius 1 is 1.09 bits per heavy atom. The maximum absolute atomic E-state index is 12.8. The third-order valence-electron chi connectivity index (χ3n) is 7.12. The smallest absolute Gasteiger partial charge is 0.396 e. The zero-order chi connectivity index (χ0) is 32.8. The van der Waals surface area contributed by atoms with E-state index in [0.717, 1.165) is 16.8 Å². The Morgan fingerprint density at radius 2 is 1.80 bits per heavy atom. The molecule has 3 rings (SSSR count). The molecule has 11 unspecified atom stereocenters. The highest BCUT2D eigenvalue weighted by Gasteiger charge is 2.49. The summed E-state index contributed by atoms with van der Waals surface area (Å²) in [6.07, 6.45) is -9.86. The van der Waals surface area contributed by atoms with Gasteiger partial charge in [-0.2, -0.15) is 4.31 Å². The molecule has 0 spiro atoms. The lowest BCUT2D eigenvalue weighted by Crippen LogP contribution is -2.61. The first-order chi connectivity index (χ1) is 20.6. The van der Waals surface area contributed by atoms with Crippen LogP contribution in [0.1, 0.15) is 31.9 Å². The van der Waals surface area contributed by atoms with Crippen LogP contribution in [-0.4, -0.2) is 120 Å². The summed E-state index contributed by atoms with van der Waals surface area (Å²) in [5.41, 5.74) is -1.73. The summed E-state index contributed by atoms with van der Waals surface area (Å²) in [7, 11) is -9.30. The Balaban J connectivity index is 1.64. The molecule has 2 heterocycles. The maximum Gasteiger partial charge on any atom is 0.481 e. The van der Waals surface area contributed by atoms with Gasteiger partial charge in [-0.25, -0.2) is 13.9 Å². The molecule has 1 aromatic heterocycles. The number of aliphatic hydroxyl groups is 5. The van der Waals surface area contributed by atoms with Gasteiger partial charge in [-0.15, -0.1) is 0 Å². The normalized spacial score (nSPS) is 33.4. The Bertz CT molecular complexity index is 1330. The molecular formula is C22H38N4O16P2. The zero-order valence-corrected chi connectivity index (χ0v) is 25.2. The first-order valence-electron chi connectivity index (χ1n) is 13.5. The van der Waals surface area contributed by atoms with Crippen molar-refractivity contribution in [1.29, 1.82) is 0 Å². The summed E-state index contributed by atoms with van der Waals surface area (Å²) in [5.74, 6) is -1.65. The highest BCUT2D eigenvalue weighted by molar-refractivity contribution is 7.61. The average molecular weight is 677 g/mol. The molecule has 44 heavy (non-hydrogen) atoms. The second-order valence-electron chi connectivity index (χ2n) is 10.3. The van der Waals surface area contributed by atoms with Crippen molar-refractivity contribution in [3.05, 3.63) is 33.1 Å². The first-order valence-corrected chi connectivity index (χ1v) is 16.5. The van der Waals surface area contributed by atoms with E-state index >= 15 is 0 Å².